The van der Waals surface area contributed by atoms with Crippen molar-refractivity contribution in [1.29, 1.82) is 0 Å². The van der Waals surface area contributed by atoms with E-state index in [1.54, 1.807) is 7.11 Å². The Hall–Kier alpha value is -0.200. The van der Waals surface area contributed by atoms with Crippen molar-refractivity contribution in [3.63, 3.8) is 0 Å². The predicted octanol–water partition coefficient (Wildman–Crippen LogP) is -0.137. The van der Waals surface area contributed by atoms with Crippen LogP contribution in [0.1, 0.15) is 20.3 Å². The summed E-state index contributed by atoms with van der Waals surface area (Å²) in [5.74, 6) is -0.570. The van der Waals surface area contributed by atoms with Crippen LogP contribution in [0.2, 0.25) is 0 Å². The third-order valence-electron chi connectivity index (χ3n) is 2.61. The van der Waals surface area contributed by atoms with E-state index in [9.17, 15) is 0 Å². The van der Waals surface area contributed by atoms with Crippen molar-refractivity contribution in [1.82, 2.24) is 0 Å². The number of hydrogen-bond acceptors (Lipinski definition) is 5. The molecule has 0 unspecified atom stereocenters. The van der Waals surface area contributed by atoms with Crippen molar-refractivity contribution in [3.8, 4) is 0 Å². The van der Waals surface area contributed by atoms with Gasteiger partial charge in [-0.05, 0) is 20.3 Å². The van der Waals surface area contributed by atoms with Crippen LogP contribution in [-0.2, 0) is 14.2 Å². The van der Waals surface area contributed by atoms with Crippen LogP contribution in [0.5, 0.6) is 0 Å². The molecule has 15 heavy (non-hydrogen) atoms. The highest BCUT2D eigenvalue weighted by Crippen LogP contribution is 2.25. The SMILES string of the molecule is CO[C@@H](CCO)[C@@H](N)[C@H]1COC(C)(C)O1. The second-order valence-corrected chi connectivity index (χ2v) is 4.23. The van der Waals surface area contributed by atoms with Gasteiger partial charge in [-0.25, -0.2) is 0 Å². The fourth-order valence-corrected chi connectivity index (χ4v) is 1.74. The van der Waals surface area contributed by atoms with E-state index < -0.39 is 5.79 Å². The third kappa shape index (κ3) is 3.39. The fourth-order valence-electron chi connectivity index (χ4n) is 1.74. The van der Waals surface area contributed by atoms with Crippen molar-refractivity contribution in [2.45, 2.75) is 44.3 Å². The number of methoxy groups -OCH3 is 1. The van der Waals surface area contributed by atoms with Crippen LogP contribution in [-0.4, -0.2) is 49.5 Å². The molecule has 1 aliphatic heterocycles. The molecule has 0 radical (unpaired) electrons. The van der Waals surface area contributed by atoms with Crippen LogP contribution in [0.25, 0.3) is 0 Å². The quantitative estimate of drug-likeness (QED) is 0.673. The molecule has 5 heteroatoms. The second-order valence-electron chi connectivity index (χ2n) is 4.23. The Labute approximate surface area is 90.5 Å². The minimum absolute atomic E-state index is 0.0587. The molecular formula is C10H21NO4. The highest BCUT2D eigenvalue weighted by atomic mass is 16.7. The molecule has 90 valence electrons. The first-order chi connectivity index (χ1) is 7.00. The smallest absolute Gasteiger partial charge is 0.163 e. The number of aliphatic hydroxyl groups excluding tert-OH is 1. The summed E-state index contributed by atoms with van der Waals surface area (Å²) in [7, 11) is 1.58. The van der Waals surface area contributed by atoms with Gasteiger partial charge in [-0.1, -0.05) is 0 Å². The van der Waals surface area contributed by atoms with Crippen LogP contribution in [0.4, 0.5) is 0 Å². The van der Waals surface area contributed by atoms with E-state index in [4.69, 9.17) is 25.1 Å². The molecule has 0 spiro atoms. The number of ether oxygens (including phenoxy) is 3. The maximum atomic E-state index is 8.85. The van der Waals surface area contributed by atoms with Crippen molar-refractivity contribution >= 4 is 0 Å². The maximum absolute atomic E-state index is 8.85. The Bertz CT molecular complexity index is 198. The van der Waals surface area contributed by atoms with Gasteiger partial charge in [0.1, 0.15) is 6.10 Å². The van der Waals surface area contributed by atoms with E-state index in [1.165, 1.54) is 0 Å². The van der Waals surface area contributed by atoms with Gasteiger partial charge in [0.15, 0.2) is 5.79 Å². The molecule has 1 aliphatic rings. The molecule has 3 atom stereocenters. The highest BCUT2D eigenvalue weighted by molar-refractivity contribution is 4.86. The Balaban J connectivity index is 2.49. The van der Waals surface area contributed by atoms with Crippen LogP contribution in [0.15, 0.2) is 0 Å². The van der Waals surface area contributed by atoms with Crippen molar-refractivity contribution in [3.05, 3.63) is 0 Å². The number of aliphatic hydroxyl groups is 1. The minimum atomic E-state index is -0.570. The standard InChI is InChI=1S/C10H21NO4/c1-10(2)14-6-8(15-10)9(11)7(13-3)4-5-12/h7-9,12H,4-6,11H2,1-3H3/t7-,8+,9+/m0/s1. The predicted molar refractivity (Wildman–Crippen MR) is 55.4 cm³/mol. The van der Waals surface area contributed by atoms with Gasteiger partial charge in [-0.3, -0.25) is 0 Å². The lowest BCUT2D eigenvalue weighted by atomic mass is 10.0. The maximum Gasteiger partial charge on any atom is 0.163 e. The van der Waals surface area contributed by atoms with E-state index in [0.29, 0.717) is 13.0 Å². The average molecular weight is 219 g/mol. The number of hydrogen-bond donors (Lipinski definition) is 2. The largest absolute Gasteiger partial charge is 0.396 e. The molecule has 1 fully saturated rings. The van der Waals surface area contributed by atoms with Gasteiger partial charge in [0.25, 0.3) is 0 Å². The van der Waals surface area contributed by atoms with Crippen LogP contribution < -0.4 is 5.73 Å². The minimum Gasteiger partial charge on any atom is -0.396 e. The lowest BCUT2D eigenvalue weighted by Gasteiger charge is -2.26. The summed E-state index contributed by atoms with van der Waals surface area (Å²) in [6, 6.07) is -0.274. The molecule has 0 aromatic rings. The average Bonchev–Trinajstić information content (AvgIpc) is 2.54. The Morgan fingerprint density at radius 3 is 2.67 bits per heavy atom. The number of rotatable bonds is 5. The number of nitrogens with two attached hydrogens (primary N) is 1. The van der Waals surface area contributed by atoms with Crippen molar-refractivity contribution in [2.24, 2.45) is 5.73 Å². The van der Waals surface area contributed by atoms with Gasteiger partial charge < -0.3 is 25.1 Å². The molecule has 0 bridgehead atoms. The molecule has 3 N–H and O–H groups in total. The molecule has 0 aromatic heterocycles. The zero-order valence-corrected chi connectivity index (χ0v) is 9.60. The van der Waals surface area contributed by atoms with Crippen LogP contribution >= 0.6 is 0 Å². The highest BCUT2D eigenvalue weighted by Gasteiger charge is 2.38. The second kappa shape index (κ2) is 5.23. The molecule has 1 saturated heterocycles. The molecule has 1 rings (SSSR count). The van der Waals surface area contributed by atoms with Gasteiger partial charge in [0, 0.05) is 13.7 Å². The summed E-state index contributed by atoms with van der Waals surface area (Å²) < 4.78 is 16.3. The zero-order valence-electron chi connectivity index (χ0n) is 9.60. The van der Waals surface area contributed by atoms with E-state index in [0.717, 1.165) is 0 Å². The monoisotopic (exact) mass is 219 g/mol. The fraction of sp³-hybridized carbons (Fsp3) is 1.00. The van der Waals surface area contributed by atoms with Crippen LogP contribution in [0, 0.1) is 0 Å². The Morgan fingerprint density at radius 1 is 1.60 bits per heavy atom. The van der Waals surface area contributed by atoms with E-state index in [1.807, 2.05) is 13.8 Å². The Kier molecular flexibility index (Phi) is 4.48. The van der Waals surface area contributed by atoms with Crippen LogP contribution in [0.3, 0.4) is 0 Å². The lowest BCUT2D eigenvalue weighted by molar-refractivity contribution is -0.145. The third-order valence-corrected chi connectivity index (χ3v) is 2.61. The molecular weight excluding hydrogens is 198 g/mol. The molecule has 5 nitrogen and oxygen atoms in total. The zero-order chi connectivity index (χ0) is 11.5. The molecule has 0 saturated carbocycles. The van der Waals surface area contributed by atoms with Gasteiger partial charge in [-0.15, -0.1) is 0 Å². The summed E-state index contributed by atoms with van der Waals surface area (Å²) in [4.78, 5) is 0. The summed E-state index contributed by atoms with van der Waals surface area (Å²) in [5.41, 5.74) is 6.00. The van der Waals surface area contributed by atoms with Crippen molar-refractivity contribution < 1.29 is 19.3 Å². The van der Waals surface area contributed by atoms with Crippen molar-refractivity contribution in [2.75, 3.05) is 20.3 Å². The first-order valence-corrected chi connectivity index (χ1v) is 5.21. The molecule has 1 heterocycles. The first kappa shape index (κ1) is 12.9. The van der Waals surface area contributed by atoms with Gasteiger partial charge in [0.2, 0.25) is 0 Å². The normalized spacial score (nSPS) is 29.0. The van der Waals surface area contributed by atoms with Gasteiger partial charge in [0.05, 0.1) is 18.8 Å². The molecule has 0 amide bonds. The van der Waals surface area contributed by atoms with E-state index in [2.05, 4.69) is 0 Å². The van der Waals surface area contributed by atoms with Gasteiger partial charge in [-0.2, -0.15) is 0 Å². The summed E-state index contributed by atoms with van der Waals surface area (Å²) in [6.45, 7) is 4.24. The summed E-state index contributed by atoms with van der Waals surface area (Å²) in [5, 5.41) is 8.85. The topological polar surface area (TPSA) is 73.9 Å². The summed E-state index contributed by atoms with van der Waals surface area (Å²) in [6.07, 6.45) is 0.145. The first-order valence-electron chi connectivity index (χ1n) is 5.21. The molecule has 0 aromatic carbocycles. The van der Waals surface area contributed by atoms with E-state index >= 15 is 0 Å². The van der Waals surface area contributed by atoms with Gasteiger partial charge >= 0.3 is 0 Å². The molecule has 0 aliphatic carbocycles. The lowest BCUT2D eigenvalue weighted by Crippen LogP contribution is -2.47. The Morgan fingerprint density at radius 2 is 2.27 bits per heavy atom. The van der Waals surface area contributed by atoms with E-state index in [-0.39, 0.29) is 24.9 Å². The summed E-state index contributed by atoms with van der Waals surface area (Å²) >= 11 is 0.